The zero-order valence-corrected chi connectivity index (χ0v) is 21.0. The Labute approximate surface area is 208 Å². The summed E-state index contributed by atoms with van der Waals surface area (Å²) in [5, 5.41) is 12.8. The predicted molar refractivity (Wildman–Crippen MR) is 134 cm³/mol. The van der Waals surface area contributed by atoms with E-state index in [1.54, 1.807) is 61.4 Å². The van der Waals surface area contributed by atoms with Crippen LogP contribution in [0.15, 0.2) is 58.6 Å². The Bertz CT molecular complexity index is 1200. The molecule has 1 fully saturated rings. The first kappa shape index (κ1) is 24.5. The largest absolute Gasteiger partial charge is 0.508 e. The Morgan fingerprint density at radius 3 is 2.49 bits per heavy atom. The monoisotopic (exact) mass is 496 g/mol. The molecule has 2 atom stereocenters. The molecule has 1 amide bonds. The standard InChI is InChI=1S/C26H28N2O6S/c1-14(2)34-19-11-8-17(13-20(19)32-4)23-22(25(31)33-5)15(3)27-26-28(23)24(30)21(35-26)12-16-6-9-18(29)10-7-16/h6-14,23,26-27,29H,1-5H3/b21-12-/t23-,26+/m0/s1. The zero-order chi connectivity index (χ0) is 25.3. The van der Waals surface area contributed by atoms with Crippen molar-refractivity contribution in [1.29, 1.82) is 0 Å². The molecule has 2 aromatic rings. The molecular weight excluding hydrogens is 468 g/mol. The second kappa shape index (κ2) is 9.95. The van der Waals surface area contributed by atoms with Gasteiger partial charge >= 0.3 is 5.97 Å². The third-order valence-corrected chi connectivity index (χ3v) is 6.81. The molecule has 2 aromatic carbocycles. The number of nitrogens with zero attached hydrogens (tertiary/aromatic N) is 1. The highest BCUT2D eigenvalue weighted by molar-refractivity contribution is 8.05. The van der Waals surface area contributed by atoms with Gasteiger partial charge in [-0.15, -0.1) is 0 Å². The number of allylic oxidation sites excluding steroid dienone is 1. The highest BCUT2D eigenvalue weighted by Crippen LogP contribution is 2.47. The van der Waals surface area contributed by atoms with Gasteiger partial charge in [-0.25, -0.2) is 4.79 Å². The van der Waals surface area contributed by atoms with Crippen LogP contribution in [0.2, 0.25) is 0 Å². The number of hydrogen-bond acceptors (Lipinski definition) is 8. The van der Waals surface area contributed by atoms with Crippen molar-refractivity contribution in [2.75, 3.05) is 14.2 Å². The molecule has 2 N–H and O–H groups in total. The lowest BCUT2D eigenvalue weighted by atomic mass is 9.93. The number of hydrogen-bond donors (Lipinski definition) is 2. The number of ether oxygens (including phenoxy) is 3. The van der Waals surface area contributed by atoms with E-state index in [0.29, 0.717) is 33.2 Å². The van der Waals surface area contributed by atoms with Crippen LogP contribution in [-0.2, 0) is 14.3 Å². The maximum atomic E-state index is 13.6. The maximum absolute atomic E-state index is 13.6. The SMILES string of the molecule is COC(=O)C1=C(C)N[C@H]2S/C(=C\c3ccc(O)cc3)C(=O)N2[C@H]1c1ccc(OC(C)C)c(OC)c1. The van der Waals surface area contributed by atoms with Crippen LogP contribution in [0.1, 0.15) is 37.9 Å². The number of benzene rings is 2. The van der Waals surface area contributed by atoms with Gasteiger partial charge in [0.05, 0.1) is 36.8 Å². The topological polar surface area (TPSA) is 97.3 Å². The molecule has 2 heterocycles. The quantitative estimate of drug-likeness (QED) is 0.454. The second-order valence-electron chi connectivity index (χ2n) is 8.44. The average molecular weight is 497 g/mol. The lowest BCUT2D eigenvalue weighted by Gasteiger charge is -2.39. The van der Waals surface area contributed by atoms with Crippen molar-refractivity contribution in [2.45, 2.75) is 38.4 Å². The van der Waals surface area contributed by atoms with E-state index in [0.717, 1.165) is 5.56 Å². The Morgan fingerprint density at radius 2 is 1.86 bits per heavy atom. The first-order valence-corrected chi connectivity index (χ1v) is 12.0. The number of methoxy groups -OCH3 is 2. The van der Waals surface area contributed by atoms with Crippen molar-refractivity contribution in [3.05, 3.63) is 69.8 Å². The molecule has 0 unspecified atom stereocenters. The highest BCUT2D eigenvalue weighted by Gasteiger charge is 2.48. The van der Waals surface area contributed by atoms with E-state index in [2.05, 4.69) is 5.32 Å². The van der Waals surface area contributed by atoms with Crippen molar-refractivity contribution >= 4 is 29.7 Å². The van der Waals surface area contributed by atoms with E-state index >= 15 is 0 Å². The molecule has 184 valence electrons. The number of esters is 1. The summed E-state index contributed by atoms with van der Waals surface area (Å²) in [7, 11) is 2.87. The minimum absolute atomic E-state index is 0.0464. The van der Waals surface area contributed by atoms with E-state index in [1.807, 2.05) is 19.9 Å². The fraction of sp³-hybridized carbons (Fsp3) is 0.308. The first-order valence-electron chi connectivity index (χ1n) is 11.1. The third kappa shape index (κ3) is 4.81. The molecule has 9 heteroatoms. The average Bonchev–Trinajstić information content (AvgIpc) is 3.13. The minimum atomic E-state index is -0.693. The second-order valence-corrected chi connectivity index (χ2v) is 9.56. The van der Waals surface area contributed by atoms with Crippen LogP contribution in [0, 0.1) is 0 Å². The number of fused-ring (bicyclic) bond motifs is 1. The molecular formula is C26H28N2O6S. The number of nitrogens with one attached hydrogen (secondary N) is 1. The van der Waals surface area contributed by atoms with E-state index in [-0.39, 0.29) is 17.8 Å². The van der Waals surface area contributed by atoms with E-state index in [4.69, 9.17) is 14.2 Å². The normalized spacial score (nSPS) is 20.7. The van der Waals surface area contributed by atoms with Crippen LogP contribution in [0.25, 0.3) is 6.08 Å². The molecule has 0 aliphatic carbocycles. The van der Waals surface area contributed by atoms with Crippen LogP contribution in [-0.4, -0.2) is 47.7 Å². The molecule has 2 aliphatic heterocycles. The number of amides is 1. The van der Waals surface area contributed by atoms with Crippen molar-refractivity contribution in [3.63, 3.8) is 0 Å². The van der Waals surface area contributed by atoms with E-state index in [9.17, 15) is 14.7 Å². The molecule has 2 aliphatic rings. The number of thioether (sulfide) groups is 1. The van der Waals surface area contributed by atoms with Gasteiger partial charge in [-0.1, -0.05) is 30.0 Å². The highest BCUT2D eigenvalue weighted by atomic mass is 32.2. The Hall–Kier alpha value is -3.59. The van der Waals surface area contributed by atoms with Gasteiger partial charge in [0.15, 0.2) is 17.0 Å². The van der Waals surface area contributed by atoms with Crippen molar-refractivity contribution < 1.29 is 28.9 Å². The summed E-state index contributed by atoms with van der Waals surface area (Å²) in [5.41, 5.74) is 2.05. The van der Waals surface area contributed by atoms with Crippen LogP contribution in [0.5, 0.6) is 17.2 Å². The zero-order valence-electron chi connectivity index (χ0n) is 20.2. The van der Waals surface area contributed by atoms with Gasteiger partial charge in [0.25, 0.3) is 5.91 Å². The number of aromatic hydroxyl groups is 1. The van der Waals surface area contributed by atoms with Gasteiger partial charge in [0, 0.05) is 5.70 Å². The predicted octanol–water partition coefficient (Wildman–Crippen LogP) is 4.18. The molecule has 0 spiro atoms. The molecule has 1 saturated heterocycles. The summed E-state index contributed by atoms with van der Waals surface area (Å²) < 4.78 is 16.5. The van der Waals surface area contributed by atoms with Crippen LogP contribution in [0.4, 0.5) is 0 Å². The van der Waals surface area contributed by atoms with Gasteiger partial charge in [0.1, 0.15) is 5.75 Å². The summed E-state index contributed by atoms with van der Waals surface area (Å²) in [6.07, 6.45) is 1.73. The number of carbonyl (C=O) groups is 2. The molecule has 8 nitrogen and oxygen atoms in total. The molecule has 0 bridgehead atoms. The van der Waals surface area contributed by atoms with Gasteiger partial charge in [-0.3, -0.25) is 9.69 Å². The summed E-state index contributed by atoms with van der Waals surface area (Å²) in [6, 6.07) is 11.3. The van der Waals surface area contributed by atoms with Crippen LogP contribution >= 0.6 is 11.8 Å². The molecule has 0 saturated carbocycles. The Morgan fingerprint density at radius 1 is 1.14 bits per heavy atom. The first-order chi connectivity index (χ1) is 16.7. The summed E-state index contributed by atoms with van der Waals surface area (Å²) >= 11 is 1.37. The fourth-order valence-electron chi connectivity index (χ4n) is 4.15. The van der Waals surface area contributed by atoms with Crippen molar-refractivity contribution in [1.82, 2.24) is 10.2 Å². The Kier molecular flexibility index (Phi) is 6.98. The van der Waals surface area contributed by atoms with Gasteiger partial charge in [0.2, 0.25) is 0 Å². The summed E-state index contributed by atoms with van der Waals surface area (Å²) in [4.78, 5) is 28.7. The van der Waals surface area contributed by atoms with Crippen molar-refractivity contribution in [3.8, 4) is 17.2 Å². The number of phenols is 1. The molecule has 4 rings (SSSR count). The van der Waals surface area contributed by atoms with Crippen LogP contribution < -0.4 is 14.8 Å². The fourth-order valence-corrected chi connectivity index (χ4v) is 5.36. The van der Waals surface area contributed by atoms with Gasteiger partial charge < -0.3 is 24.6 Å². The van der Waals surface area contributed by atoms with Crippen LogP contribution in [0.3, 0.4) is 0 Å². The lowest BCUT2D eigenvalue weighted by Crippen LogP contribution is -2.49. The Balaban J connectivity index is 1.79. The molecule has 35 heavy (non-hydrogen) atoms. The van der Waals surface area contributed by atoms with E-state index in [1.165, 1.54) is 18.9 Å². The smallest absolute Gasteiger partial charge is 0.337 e. The third-order valence-electron chi connectivity index (χ3n) is 5.69. The van der Waals surface area contributed by atoms with Crippen molar-refractivity contribution in [2.24, 2.45) is 0 Å². The summed E-state index contributed by atoms with van der Waals surface area (Å²) in [5.74, 6) is 0.493. The number of phenolic OH excluding ortho intramolecular Hbond substituents is 1. The van der Waals surface area contributed by atoms with Gasteiger partial charge in [-0.2, -0.15) is 0 Å². The lowest BCUT2D eigenvalue weighted by molar-refractivity contribution is -0.138. The van der Waals surface area contributed by atoms with Gasteiger partial charge in [-0.05, 0) is 62.2 Å². The molecule has 0 radical (unpaired) electrons. The molecule has 0 aromatic heterocycles. The summed E-state index contributed by atoms with van der Waals surface area (Å²) in [6.45, 7) is 5.65. The maximum Gasteiger partial charge on any atom is 0.337 e. The number of carbonyl (C=O) groups excluding carboxylic acids is 2. The van der Waals surface area contributed by atoms with E-state index < -0.39 is 17.5 Å². The minimum Gasteiger partial charge on any atom is -0.508 e. The number of rotatable bonds is 6.